The quantitative estimate of drug-likeness (QED) is 0.804. The minimum Gasteiger partial charge on any atom is -0.496 e. The number of piperidine rings is 1. The first-order valence-electron chi connectivity index (χ1n) is 6.59. The van der Waals surface area contributed by atoms with Crippen molar-refractivity contribution in [1.29, 1.82) is 0 Å². The van der Waals surface area contributed by atoms with E-state index in [2.05, 4.69) is 6.92 Å². The summed E-state index contributed by atoms with van der Waals surface area (Å²) in [5, 5.41) is 0. The zero-order valence-corrected chi connectivity index (χ0v) is 11.4. The highest BCUT2D eigenvalue weighted by atomic mass is 16.5. The second-order valence-electron chi connectivity index (χ2n) is 5.05. The highest BCUT2D eigenvalue weighted by Crippen LogP contribution is 2.25. The van der Waals surface area contributed by atoms with Crippen LogP contribution in [0.2, 0.25) is 0 Å². The fourth-order valence-electron chi connectivity index (χ4n) is 2.54. The number of carbonyl (C=O) groups excluding carboxylic acids is 1. The lowest BCUT2D eigenvalue weighted by atomic mass is 10.0. The molecule has 0 saturated carbocycles. The molecule has 1 heterocycles. The number of nitrogens with zero attached hydrogens (tertiary/aromatic N) is 1. The van der Waals surface area contributed by atoms with Crippen molar-refractivity contribution in [3.63, 3.8) is 0 Å². The number of ether oxygens (including phenoxy) is 1. The predicted octanol–water partition coefficient (Wildman–Crippen LogP) is 3.02. The van der Waals surface area contributed by atoms with Gasteiger partial charge in [-0.3, -0.25) is 4.79 Å². The Morgan fingerprint density at radius 3 is 2.83 bits per heavy atom. The first-order valence-corrected chi connectivity index (χ1v) is 6.59. The van der Waals surface area contributed by atoms with Gasteiger partial charge in [0.05, 0.1) is 12.7 Å². The predicted molar refractivity (Wildman–Crippen MR) is 72.1 cm³/mol. The summed E-state index contributed by atoms with van der Waals surface area (Å²) >= 11 is 0. The van der Waals surface area contributed by atoms with Crippen molar-refractivity contribution in [3.05, 3.63) is 29.3 Å². The Kier molecular flexibility index (Phi) is 3.90. The Hall–Kier alpha value is -1.51. The van der Waals surface area contributed by atoms with Crippen LogP contribution < -0.4 is 4.74 Å². The van der Waals surface area contributed by atoms with Crippen LogP contribution in [0.5, 0.6) is 5.75 Å². The zero-order chi connectivity index (χ0) is 13.1. The van der Waals surface area contributed by atoms with Gasteiger partial charge in [0, 0.05) is 12.6 Å². The number of aryl methyl sites for hydroxylation is 1. The van der Waals surface area contributed by atoms with Crippen LogP contribution in [-0.4, -0.2) is 30.5 Å². The average molecular weight is 247 g/mol. The lowest BCUT2D eigenvalue weighted by Gasteiger charge is -2.33. The van der Waals surface area contributed by atoms with Crippen molar-refractivity contribution in [2.75, 3.05) is 13.7 Å². The van der Waals surface area contributed by atoms with E-state index in [1.165, 1.54) is 6.42 Å². The first kappa shape index (κ1) is 12.9. The maximum absolute atomic E-state index is 12.6. The van der Waals surface area contributed by atoms with E-state index in [0.29, 0.717) is 17.4 Å². The van der Waals surface area contributed by atoms with Gasteiger partial charge < -0.3 is 9.64 Å². The van der Waals surface area contributed by atoms with Crippen molar-refractivity contribution in [2.24, 2.45) is 0 Å². The molecule has 0 aliphatic carbocycles. The van der Waals surface area contributed by atoms with Crippen molar-refractivity contribution >= 4 is 5.91 Å². The molecular formula is C15H21NO2. The van der Waals surface area contributed by atoms with E-state index >= 15 is 0 Å². The Morgan fingerprint density at radius 1 is 1.39 bits per heavy atom. The Morgan fingerprint density at radius 2 is 2.17 bits per heavy atom. The maximum atomic E-state index is 12.6. The molecule has 2 rings (SSSR count). The highest BCUT2D eigenvalue weighted by Gasteiger charge is 2.26. The molecule has 1 amide bonds. The highest BCUT2D eigenvalue weighted by molar-refractivity contribution is 5.97. The van der Waals surface area contributed by atoms with Crippen molar-refractivity contribution < 1.29 is 9.53 Å². The second-order valence-corrected chi connectivity index (χ2v) is 5.05. The van der Waals surface area contributed by atoms with Crippen LogP contribution in [0, 0.1) is 6.92 Å². The minimum atomic E-state index is 0.0998. The van der Waals surface area contributed by atoms with Gasteiger partial charge in [-0.05, 0) is 45.2 Å². The average Bonchev–Trinajstić information content (AvgIpc) is 2.38. The van der Waals surface area contributed by atoms with Crippen LogP contribution in [0.25, 0.3) is 0 Å². The molecule has 0 bridgehead atoms. The fourth-order valence-corrected chi connectivity index (χ4v) is 2.54. The van der Waals surface area contributed by atoms with E-state index in [9.17, 15) is 4.79 Å². The second kappa shape index (κ2) is 5.42. The van der Waals surface area contributed by atoms with E-state index in [1.807, 2.05) is 30.0 Å². The molecule has 1 aliphatic heterocycles. The van der Waals surface area contributed by atoms with Gasteiger partial charge in [0.2, 0.25) is 0 Å². The SMILES string of the molecule is COc1ccc(C)cc1C(=O)N1CCCCC1C. The molecule has 0 N–H and O–H groups in total. The molecule has 1 atom stereocenters. The van der Waals surface area contributed by atoms with Gasteiger partial charge in [-0.15, -0.1) is 0 Å². The molecule has 0 aromatic heterocycles. The van der Waals surface area contributed by atoms with Crippen LogP contribution in [0.4, 0.5) is 0 Å². The molecule has 1 aromatic carbocycles. The summed E-state index contributed by atoms with van der Waals surface area (Å²) in [5.41, 5.74) is 1.77. The minimum absolute atomic E-state index is 0.0998. The van der Waals surface area contributed by atoms with E-state index < -0.39 is 0 Å². The van der Waals surface area contributed by atoms with Gasteiger partial charge in [0.1, 0.15) is 5.75 Å². The summed E-state index contributed by atoms with van der Waals surface area (Å²) in [5.74, 6) is 0.770. The molecule has 1 saturated heterocycles. The number of likely N-dealkylation sites (tertiary alicyclic amines) is 1. The topological polar surface area (TPSA) is 29.5 Å². The maximum Gasteiger partial charge on any atom is 0.257 e. The van der Waals surface area contributed by atoms with E-state index in [1.54, 1.807) is 7.11 Å². The molecule has 1 aromatic rings. The molecule has 0 spiro atoms. The van der Waals surface area contributed by atoms with Gasteiger partial charge in [0.25, 0.3) is 5.91 Å². The molecule has 18 heavy (non-hydrogen) atoms. The number of methoxy groups -OCH3 is 1. The van der Waals surface area contributed by atoms with Crippen molar-refractivity contribution in [3.8, 4) is 5.75 Å². The third kappa shape index (κ3) is 2.50. The fraction of sp³-hybridized carbons (Fsp3) is 0.533. The summed E-state index contributed by atoms with van der Waals surface area (Å²) in [7, 11) is 1.61. The molecule has 0 radical (unpaired) electrons. The van der Waals surface area contributed by atoms with Gasteiger partial charge in [0.15, 0.2) is 0 Å². The molecule has 3 nitrogen and oxygen atoms in total. The number of rotatable bonds is 2. The number of amides is 1. The summed E-state index contributed by atoms with van der Waals surface area (Å²) in [4.78, 5) is 14.6. The van der Waals surface area contributed by atoms with Gasteiger partial charge in [-0.1, -0.05) is 11.6 Å². The number of hydrogen-bond donors (Lipinski definition) is 0. The molecule has 1 unspecified atom stereocenters. The Labute approximate surface area is 109 Å². The van der Waals surface area contributed by atoms with E-state index in [-0.39, 0.29) is 5.91 Å². The van der Waals surface area contributed by atoms with E-state index in [0.717, 1.165) is 24.9 Å². The summed E-state index contributed by atoms with van der Waals surface area (Å²) < 4.78 is 5.30. The first-order chi connectivity index (χ1) is 8.63. The van der Waals surface area contributed by atoms with Gasteiger partial charge in [-0.25, -0.2) is 0 Å². The standard InChI is InChI=1S/C15H21NO2/c1-11-7-8-14(18-3)13(10-11)15(17)16-9-5-4-6-12(16)2/h7-8,10,12H,4-6,9H2,1-3H3. The van der Waals surface area contributed by atoms with Crippen LogP contribution >= 0.6 is 0 Å². The van der Waals surface area contributed by atoms with E-state index in [4.69, 9.17) is 4.74 Å². The molecule has 3 heteroatoms. The lowest BCUT2D eigenvalue weighted by Crippen LogP contribution is -2.42. The van der Waals surface area contributed by atoms with Gasteiger partial charge in [-0.2, -0.15) is 0 Å². The molecule has 1 aliphatic rings. The van der Waals surface area contributed by atoms with Crippen LogP contribution in [-0.2, 0) is 0 Å². The normalized spacial score (nSPS) is 19.7. The van der Waals surface area contributed by atoms with Crippen LogP contribution in [0.3, 0.4) is 0 Å². The van der Waals surface area contributed by atoms with Crippen LogP contribution in [0.1, 0.15) is 42.1 Å². The number of carbonyl (C=O) groups is 1. The largest absolute Gasteiger partial charge is 0.496 e. The lowest BCUT2D eigenvalue weighted by molar-refractivity contribution is 0.0632. The van der Waals surface area contributed by atoms with Crippen LogP contribution in [0.15, 0.2) is 18.2 Å². The summed E-state index contributed by atoms with van der Waals surface area (Å²) in [6.45, 7) is 4.98. The van der Waals surface area contributed by atoms with Gasteiger partial charge >= 0.3 is 0 Å². The third-order valence-electron chi connectivity index (χ3n) is 3.65. The summed E-state index contributed by atoms with van der Waals surface area (Å²) in [6.07, 6.45) is 3.42. The monoisotopic (exact) mass is 247 g/mol. The van der Waals surface area contributed by atoms with Crippen molar-refractivity contribution in [2.45, 2.75) is 39.2 Å². The molecular weight excluding hydrogens is 226 g/mol. The molecule has 1 fully saturated rings. The van der Waals surface area contributed by atoms with Crippen molar-refractivity contribution in [1.82, 2.24) is 4.90 Å². The third-order valence-corrected chi connectivity index (χ3v) is 3.65. The number of hydrogen-bond acceptors (Lipinski definition) is 2. The smallest absolute Gasteiger partial charge is 0.257 e. The summed E-state index contributed by atoms with van der Waals surface area (Å²) in [6, 6.07) is 6.09. The Bertz CT molecular complexity index is 442. The number of benzene rings is 1. The molecule has 98 valence electrons. The Balaban J connectivity index is 2.29. The zero-order valence-electron chi connectivity index (χ0n) is 11.4.